The van der Waals surface area contributed by atoms with Crippen LogP contribution in [0, 0.1) is 5.82 Å². The fraction of sp³-hybridized carbons (Fsp3) is 0.148. The van der Waals surface area contributed by atoms with Crippen molar-refractivity contribution >= 4 is 50.3 Å². The molecular weight excluding hydrogens is 563 g/mol. The lowest BCUT2D eigenvalue weighted by atomic mass is 10.1. The van der Waals surface area contributed by atoms with Crippen LogP contribution >= 0.6 is 11.6 Å². The maximum atomic E-state index is 13.6. The standard InChI is InChI=1S/C27H22ClFN4O6S/c1-37-21-7-2-17-12-18(27(28)31-23(17)13-21)15-30-32-26(34)16-33(20-5-3-19(29)4-6-20)40(35,36)22-8-9-24-25(14-22)39-11-10-38-24/h2-9,12-15H,10-11,16H2,1H3,(H,32,34)/b30-15-. The van der Waals surface area contributed by atoms with E-state index in [1.165, 1.54) is 36.5 Å². The second-order valence-electron chi connectivity index (χ2n) is 8.51. The number of pyridine rings is 1. The number of methoxy groups -OCH3 is 1. The molecule has 1 aliphatic heterocycles. The number of ether oxygens (including phenoxy) is 3. The lowest BCUT2D eigenvalue weighted by Gasteiger charge is -2.25. The summed E-state index contributed by atoms with van der Waals surface area (Å²) in [7, 11) is -2.74. The zero-order chi connectivity index (χ0) is 28.3. The summed E-state index contributed by atoms with van der Waals surface area (Å²) in [6.45, 7) is -0.0382. The summed E-state index contributed by atoms with van der Waals surface area (Å²) >= 11 is 6.28. The normalized spacial score (nSPS) is 12.9. The van der Waals surface area contributed by atoms with Gasteiger partial charge in [-0.25, -0.2) is 23.2 Å². The van der Waals surface area contributed by atoms with Gasteiger partial charge in [-0.3, -0.25) is 9.10 Å². The molecule has 0 saturated carbocycles. The van der Waals surface area contributed by atoms with Crippen molar-refractivity contribution < 1.29 is 31.8 Å². The van der Waals surface area contributed by atoms with Gasteiger partial charge >= 0.3 is 0 Å². The first-order valence-corrected chi connectivity index (χ1v) is 13.7. The van der Waals surface area contributed by atoms with E-state index in [2.05, 4.69) is 15.5 Å². The van der Waals surface area contributed by atoms with Crippen LogP contribution in [-0.2, 0) is 14.8 Å². The molecule has 13 heteroatoms. The molecule has 0 radical (unpaired) electrons. The number of hydrogen-bond donors (Lipinski definition) is 1. The smallest absolute Gasteiger partial charge is 0.264 e. The first-order chi connectivity index (χ1) is 19.2. The number of fused-ring (bicyclic) bond motifs is 2. The molecule has 206 valence electrons. The van der Waals surface area contributed by atoms with Crippen LogP contribution in [0.2, 0.25) is 5.15 Å². The van der Waals surface area contributed by atoms with Gasteiger partial charge in [0, 0.05) is 23.1 Å². The number of halogens is 2. The van der Waals surface area contributed by atoms with Gasteiger partial charge in [-0.1, -0.05) is 11.6 Å². The fourth-order valence-electron chi connectivity index (χ4n) is 3.93. The van der Waals surface area contributed by atoms with Crippen molar-refractivity contribution in [2.75, 3.05) is 31.2 Å². The van der Waals surface area contributed by atoms with Crippen LogP contribution in [0.3, 0.4) is 0 Å². The Kier molecular flexibility index (Phi) is 7.71. The van der Waals surface area contributed by atoms with Crippen LogP contribution in [-0.4, -0.2) is 52.4 Å². The van der Waals surface area contributed by atoms with Crippen LogP contribution in [0.25, 0.3) is 10.9 Å². The molecule has 4 aromatic rings. The van der Waals surface area contributed by atoms with Crippen molar-refractivity contribution in [3.05, 3.63) is 83.3 Å². The number of hydrazone groups is 1. The fourth-order valence-corrected chi connectivity index (χ4v) is 5.56. The number of carbonyl (C=O) groups is 1. The molecule has 1 aromatic heterocycles. The highest BCUT2D eigenvalue weighted by atomic mass is 35.5. The minimum atomic E-state index is -4.29. The summed E-state index contributed by atoms with van der Waals surface area (Å²) in [5, 5.41) is 4.84. The summed E-state index contributed by atoms with van der Waals surface area (Å²) in [5.41, 5.74) is 3.43. The predicted octanol–water partition coefficient (Wildman–Crippen LogP) is 4.15. The number of nitrogens with zero attached hydrogens (tertiary/aromatic N) is 3. The summed E-state index contributed by atoms with van der Waals surface area (Å²) in [6, 6.07) is 15.9. The number of benzene rings is 3. The SMILES string of the molecule is COc1ccc2cc(/C=N\NC(=O)CN(c3ccc(F)cc3)S(=O)(=O)c3ccc4c(c3)OCCO4)c(Cl)nc2c1. The molecule has 1 N–H and O–H groups in total. The number of rotatable bonds is 8. The third-order valence-electron chi connectivity index (χ3n) is 5.90. The van der Waals surface area contributed by atoms with Crippen molar-refractivity contribution in [3.8, 4) is 17.2 Å². The van der Waals surface area contributed by atoms with Gasteiger partial charge in [0.2, 0.25) is 0 Å². The molecule has 0 bridgehead atoms. The van der Waals surface area contributed by atoms with Crippen molar-refractivity contribution in [3.63, 3.8) is 0 Å². The van der Waals surface area contributed by atoms with E-state index in [0.29, 0.717) is 29.2 Å². The molecule has 3 aromatic carbocycles. The number of hydrogen-bond acceptors (Lipinski definition) is 8. The summed E-state index contributed by atoms with van der Waals surface area (Å²) in [5.74, 6) is -0.0157. The average molecular weight is 585 g/mol. The number of nitrogens with one attached hydrogen (secondary N) is 1. The van der Waals surface area contributed by atoms with Gasteiger partial charge in [-0.15, -0.1) is 0 Å². The Balaban J connectivity index is 1.37. The third kappa shape index (κ3) is 5.77. The second kappa shape index (κ2) is 11.4. The largest absolute Gasteiger partial charge is 0.497 e. The van der Waals surface area contributed by atoms with E-state index in [-0.39, 0.29) is 28.1 Å². The van der Waals surface area contributed by atoms with E-state index < -0.39 is 28.3 Å². The third-order valence-corrected chi connectivity index (χ3v) is 7.97. The highest BCUT2D eigenvalue weighted by Gasteiger charge is 2.29. The summed E-state index contributed by atoms with van der Waals surface area (Å²) in [6.07, 6.45) is 1.30. The molecule has 1 aliphatic rings. The Bertz CT molecular complexity index is 1720. The van der Waals surface area contributed by atoms with E-state index in [1.807, 2.05) is 0 Å². The van der Waals surface area contributed by atoms with Gasteiger partial charge in [-0.05, 0) is 54.6 Å². The van der Waals surface area contributed by atoms with E-state index in [0.717, 1.165) is 21.8 Å². The molecule has 0 spiro atoms. The minimum absolute atomic E-state index is 0.0765. The molecule has 0 saturated heterocycles. The monoisotopic (exact) mass is 584 g/mol. The molecule has 0 unspecified atom stereocenters. The van der Waals surface area contributed by atoms with E-state index in [1.54, 1.807) is 31.4 Å². The van der Waals surface area contributed by atoms with Gasteiger partial charge < -0.3 is 14.2 Å². The van der Waals surface area contributed by atoms with Gasteiger partial charge in [0.1, 0.15) is 36.5 Å². The lowest BCUT2D eigenvalue weighted by Crippen LogP contribution is -2.39. The summed E-state index contributed by atoms with van der Waals surface area (Å²) in [4.78, 5) is 17.0. The molecule has 0 atom stereocenters. The van der Waals surface area contributed by atoms with Crippen LogP contribution < -0.4 is 23.9 Å². The molecule has 40 heavy (non-hydrogen) atoms. The Labute approximate surface area is 234 Å². The number of aromatic nitrogens is 1. The average Bonchev–Trinajstić information content (AvgIpc) is 2.96. The van der Waals surface area contributed by atoms with Crippen molar-refractivity contribution in [1.29, 1.82) is 0 Å². The minimum Gasteiger partial charge on any atom is -0.497 e. The van der Waals surface area contributed by atoms with Gasteiger partial charge in [0.25, 0.3) is 15.9 Å². The Morgan fingerprint density at radius 2 is 1.85 bits per heavy atom. The quantitative estimate of drug-likeness (QED) is 0.188. The van der Waals surface area contributed by atoms with E-state index >= 15 is 0 Å². The first kappa shape index (κ1) is 27.2. The van der Waals surface area contributed by atoms with E-state index in [4.69, 9.17) is 25.8 Å². The molecule has 5 rings (SSSR count). The molecule has 0 aliphatic carbocycles. The zero-order valence-electron chi connectivity index (χ0n) is 21.0. The van der Waals surface area contributed by atoms with Crippen LogP contribution in [0.1, 0.15) is 5.56 Å². The highest BCUT2D eigenvalue weighted by Crippen LogP contribution is 2.34. The lowest BCUT2D eigenvalue weighted by molar-refractivity contribution is -0.119. The topological polar surface area (TPSA) is 119 Å². The van der Waals surface area contributed by atoms with Crippen LogP contribution in [0.4, 0.5) is 10.1 Å². The number of anilines is 1. The van der Waals surface area contributed by atoms with Gasteiger partial charge in [-0.2, -0.15) is 5.10 Å². The Hall–Kier alpha value is -4.42. The van der Waals surface area contributed by atoms with Crippen LogP contribution in [0.15, 0.2) is 76.7 Å². The van der Waals surface area contributed by atoms with Gasteiger partial charge in [0.15, 0.2) is 11.5 Å². The molecule has 1 amide bonds. The molecular formula is C27H22ClFN4O6S. The highest BCUT2D eigenvalue weighted by molar-refractivity contribution is 7.92. The number of carbonyl (C=O) groups excluding carboxylic acids is 1. The summed E-state index contributed by atoms with van der Waals surface area (Å²) < 4.78 is 57.9. The van der Waals surface area contributed by atoms with Crippen molar-refractivity contribution in [2.45, 2.75) is 4.90 Å². The predicted molar refractivity (Wildman–Crippen MR) is 147 cm³/mol. The van der Waals surface area contributed by atoms with E-state index in [9.17, 15) is 17.6 Å². The van der Waals surface area contributed by atoms with Gasteiger partial charge in [0.05, 0.1) is 29.4 Å². The number of amides is 1. The Morgan fingerprint density at radius 1 is 1.10 bits per heavy atom. The second-order valence-corrected chi connectivity index (χ2v) is 10.7. The van der Waals surface area contributed by atoms with Crippen molar-refractivity contribution in [2.24, 2.45) is 5.10 Å². The first-order valence-electron chi connectivity index (χ1n) is 11.9. The molecule has 10 nitrogen and oxygen atoms in total. The van der Waals surface area contributed by atoms with Crippen LogP contribution in [0.5, 0.6) is 17.2 Å². The zero-order valence-corrected chi connectivity index (χ0v) is 22.6. The molecule has 0 fully saturated rings. The molecule has 2 heterocycles. The Morgan fingerprint density at radius 3 is 2.60 bits per heavy atom. The number of sulfonamides is 1. The maximum Gasteiger partial charge on any atom is 0.264 e. The van der Waals surface area contributed by atoms with Crippen molar-refractivity contribution in [1.82, 2.24) is 10.4 Å². The maximum absolute atomic E-state index is 13.6.